The van der Waals surface area contributed by atoms with Gasteiger partial charge < -0.3 is 10.2 Å². The molecule has 0 aromatic heterocycles. The van der Waals surface area contributed by atoms with Crippen LogP contribution in [0.25, 0.3) is 0 Å². The van der Waals surface area contributed by atoms with Crippen LogP contribution in [-0.2, 0) is 26.2 Å². The molecule has 0 aliphatic rings. The number of benzene rings is 3. The minimum absolute atomic E-state index is 0.0281. The van der Waals surface area contributed by atoms with Gasteiger partial charge in [0.05, 0.1) is 10.6 Å². The standard InChI is InChI=1S/C30H35Cl2N3O4S/c1-20-14-21(2)16-25(15-20)35(40(38,39)26-10-8-7-9-11-26)19-28(36)34(22(3)29(37)33-30(4,5)6)18-23-12-13-24(31)17-27(23)32/h7-17,22H,18-19H2,1-6H3,(H,33,37)/t22-/m1/s1. The van der Waals surface area contributed by atoms with E-state index in [0.29, 0.717) is 21.3 Å². The third-order valence-corrected chi connectivity index (χ3v) is 8.50. The summed E-state index contributed by atoms with van der Waals surface area (Å²) in [5.41, 5.74) is 2.07. The SMILES string of the molecule is Cc1cc(C)cc(N(CC(=O)N(Cc2ccc(Cl)cc2Cl)[C@H](C)C(=O)NC(C)(C)C)S(=O)(=O)c2ccccc2)c1. The summed E-state index contributed by atoms with van der Waals surface area (Å²) in [6.45, 7) is 10.3. The molecule has 0 radical (unpaired) electrons. The van der Waals surface area contributed by atoms with Gasteiger partial charge in [-0.15, -0.1) is 0 Å². The van der Waals surface area contributed by atoms with E-state index in [4.69, 9.17) is 23.2 Å². The van der Waals surface area contributed by atoms with Crippen molar-refractivity contribution < 1.29 is 18.0 Å². The molecule has 1 atom stereocenters. The van der Waals surface area contributed by atoms with Gasteiger partial charge in [-0.2, -0.15) is 0 Å². The quantitative estimate of drug-likeness (QED) is 0.318. The van der Waals surface area contributed by atoms with E-state index in [-0.39, 0.29) is 17.3 Å². The van der Waals surface area contributed by atoms with Crippen LogP contribution in [0, 0.1) is 13.8 Å². The largest absolute Gasteiger partial charge is 0.350 e. The van der Waals surface area contributed by atoms with Gasteiger partial charge in [0.25, 0.3) is 10.0 Å². The summed E-state index contributed by atoms with van der Waals surface area (Å²) in [5, 5.41) is 3.66. The summed E-state index contributed by atoms with van der Waals surface area (Å²) in [7, 11) is -4.14. The number of hydrogen-bond donors (Lipinski definition) is 1. The molecule has 3 aromatic rings. The number of hydrogen-bond acceptors (Lipinski definition) is 4. The monoisotopic (exact) mass is 603 g/mol. The van der Waals surface area contributed by atoms with Crippen molar-refractivity contribution in [3.05, 3.63) is 93.5 Å². The van der Waals surface area contributed by atoms with Gasteiger partial charge in [0.2, 0.25) is 11.8 Å². The molecule has 214 valence electrons. The highest BCUT2D eigenvalue weighted by Gasteiger charge is 2.33. The number of nitrogens with zero attached hydrogens (tertiary/aromatic N) is 2. The molecule has 0 spiro atoms. The van der Waals surface area contributed by atoms with Crippen LogP contribution in [0.3, 0.4) is 0 Å². The smallest absolute Gasteiger partial charge is 0.264 e. The first kappa shape index (κ1) is 31.5. The molecule has 7 nitrogen and oxygen atoms in total. The normalized spacial score (nSPS) is 12.5. The average molecular weight is 605 g/mol. The molecule has 0 aliphatic heterocycles. The maximum absolute atomic E-state index is 14.0. The zero-order chi connectivity index (χ0) is 29.8. The number of nitrogens with one attached hydrogen (secondary N) is 1. The number of rotatable bonds is 9. The van der Waals surface area contributed by atoms with E-state index in [1.807, 2.05) is 40.7 Å². The highest BCUT2D eigenvalue weighted by molar-refractivity contribution is 7.92. The van der Waals surface area contributed by atoms with E-state index in [1.54, 1.807) is 55.5 Å². The van der Waals surface area contributed by atoms with Crippen LogP contribution in [0.5, 0.6) is 0 Å². The van der Waals surface area contributed by atoms with Crippen molar-refractivity contribution in [1.82, 2.24) is 10.2 Å². The molecule has 0 aliphatic carbocycles. The van der Waals surface area contributed by atoms with E-state index in [0.717, 1.165) is 15.4 Å². The fourth-order valence-electron chi connectivity index (χ4n) is 4.23. The summed E-state index contributed by atoms with van der Waals surface area (Å²) in [5.74, 6) is -0.948. The van der Waals surface area contributed by atoms with Crippen molar-refractivity contribution in [2.45, 2.75) is 64.6 Å². The second-order valence-corrected chi connectivity index (χ2v) is 13.5. The Kier molecular flexibility index (Phi) is 9.93. The molecule has 2 amide bonds. The molecule has 3 aromatic carbocycles. The first-order valence-corrected chi connectivity index (χ1v) is 15.0. The van der Waals surface area contributed by atoms with Gasteiger partial charge in [0.1, 0.15) is 12.6 Å². The van der Waals surface area contributed by atoms with Crippen molar-refractivity contribution in [2.24, 2.45) is 0 Å². The predicted molar refractivity (Wildman–Crippen MR) is 161 cm³/mol. The Bertz CT molecular complexity index is 1470. The van der Waals surface area contributed by atoms with Crippen molar-refractivity contribution in [1.29, 1.82) is 0 Å². The summed E-state index contributed by atoms with van der Waals surface area (Å²) < 4.78 is 28.9. The molecule has 0 unspecified atom stereocenters. The Hall–Kier alpha value is -3.07. The lowest BCUT2D eigenvalue weighted by Gasteiger charge is -2.33. The van der Waals surface area contributed by atoms with Crippen molar-refractivity contribution in [2.75, 3.05) is 10.8 Å². The van der Waals surface area contributed by atoms with Gasteiger partial charge >= 0.3 is 0 Å². The van der Waals surface area contributed by atoms with Crippen LogP contribution >= 0.6 is 23.2 Å². The first-order valence-electron chi connectivity index (χ1n) is 12.8. The molecular weight excluding hydrogens is 569 g/mol. The minimum Gasteiger partial charge on any atom is -0.350 e. The second-order valence-electron chi connectivity index (χ2n) is 10.8. The van der Waals surface area contributed by atoms with E-state index >= 15 is 0 Å². The lowest BCUT2D eigenvalue weighted by atomic mass is 10.1. The molecular formula is C30H35Cl2N3O4S. The topological polar surface area (TPSA) is 86.8 Å². The summed E-state index contributed by atoms with van der Waals surface area (Å²) in [6, 6.07) is 17.3. The van der Waals surface area contributed by atoms with E-state index in [1.165, 1.54) is 17.0 Å². The van der Waals surface area contributed by atoms with Crippen LogP contribution in [0.1, 0.15) is 44.4 Å². The van der Waals surface area contributed by atoms with Gasteiger partial charge in [0.15, 0.2) is 0 Å². The third-order valence-electron chi connectivity index (χ3n) is 6.13. The van der Waals surface area contributed by atoms with Crippen LogP contribution in [0.15, 0.2) is 71.6 Å². The number of carbonyl (C=O) groups excluding carboxylic acids is 2. The van der Waals surface area contributed by atoms with Crippen molar-refractivity contribution in [3.8, 4) is 0 Å². The van der Waals surface area contributed by atoms with Crippen molar-refractivity contribution >= 4 is 50.7 Å². The number of sulfonamides is 1. The first-order chi connectivity index (χ1) is 18.6. The van der Waals surface area contributed by atoms with Crippen LogP contribution < -0.4 is 9.62 Å². The van der Waals surface area contributed by atoms with Crippen LogP contribution in [0.2, 0.25) is 10.0 Å². The summed E-state index contributed by atoms with van der Waals surface area (Å²) in [4.78, 5) is 28.6. The number of halogens is 2. The third kappa shape index (κ3) is 7.99. The second kappa shape index (κ2) is 12.6. The number of aryl methyl sites for hydroxylation is 2. The summed E-state index contributed by atoms with van der Waals surface area (Å²) >= 11 is 12.5. The van der Waals surface area contributed by atoms with Gasteiger partial charge in [0, 0.05) is 22.1 Å². The van der Waals surface area contributed by atoms with E-state index in [2.05, 4.69) is 5.32 Å². The lowest BCUT2D eigenvalue weighted by Crippen LogP contribution is -2.54. The van der Waals surface area contributed by atoms with E-state index in [9.17, 15) is 18.0 Å². The Morgan fingerprint density at radius 3 is 2.08 bits per heavy atom. The average Bonchev–Trinajstić information content (AvgIpc) is 2.85. The highest BCUT2D eigenvalue weighted by Crippen LogP contribution is 2.28. The fraction of sp³-hybridized carbons (Fsp3) is 0.333. The molecule has 0 bridgehead atoms. The van der Waals surface area contributed by atoms with Gasteiger partial charge in [-0.05, 0) is 94.6 Å². The van der Waals surface area contributed by atoms with Gasteiger partial charge in [-0.25, -0.2) is 8.42 Å². The number of amides is 2. The van der Waals surface area contributed by atoms with Gasteiger partial charge in [-0.3, -0.25) is 13.9 Å². The summed E-state index contributed by atoms with van der Waals surface area (Å²) in [6.07, 6.45) is 0. The molecule has 0 saturated heterocycles. The Morgan fingerprint density at radius 1 is 0.925 bits per heavy atom. The highest BCUT2D eigenvalue weighted by atomic mass is 35.5. The van der Waals surface area contributed by atoms with Crippen LogP contribution in [-0.4, -0.2) is 43.3 Å². The molecule has 3 rings (SSSR count). The number of anilines is 1. The van der Waals surface area contributed by atoms with Crippen molar-refractivity contribution in [3.63, 3.8) is 0 Å². The molecule has 0 saturated carbocycles. The molecule has 0 fully saturated rings. The lowest BCUT2D eigenvalue weighted by molar-refractivity contribution is -0.140. The minimum atomic E-state index is -4.14. The van der Waals surface area contributed by atoms with Crippen LogP contribution in [0.4, 0.5) is 5.69 Å². The zero-order valence-corrected chi connectivity index (χ0v) is 25.9. The Balaban J connectivity index is 2.08. The maximum atomic E-state index is 14.0. The van der Waals surface area contributed by atoms with Gasteiger partial charge in [-0.1, -0.05) is 53.5 Å². The Morgan fingerprint density at radius 2 is 1.52 bits per heavy atom. The molecule has 40 heavy (non-hydrogen) atoms. The molecule has 1 N–H and O–H groups in total. The maximum Gasteiger partial charge on any atom is 0.264 e. The molecule has 10 heteroatoms. The zero-order valence-electron chi connectivity index (χ0n) is 23.5. The molecule has 0 heterocycles. The van der Waals surface area contributed by atoms with E-state index < -0.39 is 34.1 Å². The number of carbonyl (C=O) groups is 2. The fourth-order valence-corrected chi connectivity index (χ4v) is 6.12. The predicted octanol–water partition coefficient (Wildman–Crippen LogP) is 6.14. The Labute approximate surface area is 247 Å².